The second-order valence-electron chi connectivity index (χ2n) is 5.79. The summed E-state index contributed by atoms with van der Waals surface area (Å²) >= 11 is 12.0. The number of methoxy groups -OCH3 is 1. The van der Waals surface area contributed by atoms with Crippen molar-refractivity contribution in [1.82, 2.24) is 0 Å². The highest BCUT2D eigenvalue weighted by Crippen LogP contribution is 2.28. The number of ether oxygens (including phenoxy) is 1. The van der Waals surface area contributed by atoms with E-state index in [1.807, 2.05) is 0 Å². The monoisotopic (exact) mass is 430 g/mol. The smallest absolute Gasteiger partial charge is 0.248 e. The summed E-state index contributed by atoms with van der Waals surface area (Å²) in [5, 5.41) is 3.37. The molecule has 0 saturated heterocycles. The van der Waals surface area contributed by atoms with Crippen molar-refractivity contribution in [2.24, 2.45) is 0 Å². The zero-order chi connectivity index (χ0) is 20.2. The van der Waals surface area contributed by atoms with E-state index in [4.69, 9.17) is 27.9 Å². The maximum atomic E-state index is 12.8. The molecule has 6 nitrogen and oxygen atoms in total. The van der Waals surface area contributed by atoms with E-state index >= 15 is 0 Å². The first-order valence-corrected chi connectivity index (χ1v) is 10.7. The second-order valence-corrected chi connectivity index (χ2v) is 8.50. The third-order valence-electron chi connectivity index (χ3n) is 3.84. The van der Waals surface area contributed by atoms with Crippen molar-refractivity contribution in [3.05, 3.63) is 52.5 Å². The summed E-state index contributed by atoms with van der Waals surface area (Å²) in [5.41, 5.74) is 0.674. The molecule has 1 N–H and O–H groups in total. The van der Waals surface area contributed by atoms with Gasteiger partial charge < -0.3 is 10.1 Å². The molecule has 0 saturated carbocycles. The van der Waals surface area contributed by atoms with Crippen molar-refractivity contribution in [2.75, 3.05) is 23.0 Å². The number of rotatable bonds is 7. The number of sulfonamides is 1. The molecular formula is C18H20Cl2N2O4S. The lowest BCUT2D eigenvalue weighted by Crippen LogP contribution is -2.47. The number of anilines is 2. The normalized spacial score (nSPS) is 12.3. The zero-order valence-corrected chi connectivity index (χ0v) is 17.4. The maximum absolute atomic E-state index is 12.8. The predicted octanol–water partition coefficient (Wildman–Crippen LogP) is 4.19. The van der Waals surface area contributed by atoms with Crippen molar-refractivity contribution in [2.45, 2.75) is 19.4 Å². The van der Waals surface area contributed by atoms with Crippen LogP contribution < -0.4 is 14.4 Å². The van der Waals surface area contributed by atoms with Gasteiger partial charge in [0.25, 0.3) is 0 Å². The highest BCUT2D eigenvalue weighted by Gasteiger charge is 2.31. The maximum Gasteiger partial charge on any atom is 0.248 e. The van der Waals surface area contributed by atoms with E-state index in [1.165, 1.54) is 13.2 Å². The van der Waals surface area contributed by atoms with Gasteiger partial charge in [-0.05, 0) is 48.9 Å². The molecule has 0 bridgehead atoms. The van der Waals surface area contributed by atoms with Crippen LogP contribution in [0.4, 0.5) is 11.4 Å². The molecule has 0 spiro atoms. The molecule has 0 unspecified atom stereocenters. The van der Waals surface area contributed by atoms with Crippen LogP contribution in [-0.4, -0.2) is 33.7 Å². The fourth-order valence-electron chi connectivity index (χ4n) is 2.60. The Balaban J connectivity index is 2.39. The van der Waals surface area contributed by atoms with Crippen LogP contribution in [-0.2, 0) is 14.8 Å². The third-order valence-corrected chi connectivity index (χ3v) is 5.59. The molecule has 0 aliphatic rings. The van der Waals surface area contributed by atoms with Gasteiger partial charge in [0.15, 0.2) is 0 Å². The Kier molecular flexibility index (Phi) is 6.97. The molecule has 0 heterocycles. The summed E-state index contributed by atoms with van der Waals surface area (Å²) < 4.78 is 31.0. The Hall–Kier alpha value is -1.96. The first-order chi connectivity index (χ1) is 12.7. The molecule has 2 rings (SSSR count). The van der Waals surface area contributed by atoms with Gasteiger partial charge in [0.05, 0.1) is 29.8 Å². The first-order valence-electron chi connectivity index (χ1n) is 8.06. The van der Waals surface area contributed by atoms with Gasteiger partial charge in [0.1, 0.15) is 11.8 Å². The Morgan fingerprint density at radius 3 is 2.33 bits per heavy atom. The van der Waals surface area contributed by atoms with Crippen LogP contribution in [0.25, 0.3) is 0 Å². The average molecular weight is 431 g/mol. The Morgan fingerprint density at radius 1 is 1.19 bits per heavy atom. The second kappa shape index (κ2) is 8.82. The molecule has 0 fully saturated rings. The Labute approximate surface area is 169 Å². The van der Waals surface area contributed by atoms with Crippen LogP contribution in [0.5, 0.6) is 5.75 Å². The van der Waals surface area contributed by atoms with Gasteiger partial charge in [0.2, 0.25) is 15.9 Å². The van der Waals surface area contributed by atoms with Crippen LogP contribution in [0.2, 0.25) is 10.0 Å². The van der Waals surface area contributed by atoms with E-state index in [9.17, 15) is 13.2 Å². The summed E-state index contributed by atoms with van der Waals surface area (Å²) in [6, 6.07) is 10.1. The minimum Gasteiger partial charge on any atom is -0.497 e. The minimum atomic E-state index is -3.73. The lowest BCUT2D eigenvalue weighted by Gasteiger charge is -2.30. The number of hydrogen-bond acceptors (Lipinski definition) is 4. The number of nitrogens with zero attached hydrogens (tertiary/aromatic N) is 1. The molecule has 2 aromatic carbocycles. The fourth-order valence-corrected chi connectivity index (χ4v) is 4.15. The van der Waals surface area contributed by atoms with Crippen LogP contribution in [0.1, 0.15) is 13.3 Å². The van der Waals surface area contributed by atoms with E-state index in [1.54, 1.807) is 43.3 Å². The van der Waals surface area contributed by atoms with Crippen molar-refractivity contribution < 1.29 is 17.9 Å². The van der Waals surface area contributed by atoms with E-state index in [0.717, 1.165) is 10.6 Å². The number of benzene rings is 2. The van der Waals surface area contributed by atoms with Crippen molar-refractivity contribution in [3.63, 3.8) is 0 Å². The van der Waals surface area contributed by atoms with E-state index < -0.39 is 22.0 Å². The van der Waals surface area contributed by atoms with Gasteiger partial charge in [-0.1, -0.05) is 30.1 Å². The zero-order valence-electron chi connectivity index (χ0n) is 15.1. The van der Waals surface area contributed by atoms with Gasteiger partial charge in [-0.2, -0.15) is 0 Å². The molecule has 2 aromatic rings. The lowest BCUT2D eigenvalue weighted by molar-refractivity contribution is -0.117. The van der Waals surface area contributed by atoms with Gasteiger partial charge in [-0.25, -0.2) is 8.42 Å². The topological polar surface area (TPSA) is 75.7 Å². The van der Waals surface area contributed by atoms with Crippen LogP contribution in [0, 0.1) is 0 Å². The number of amides is 1. The van der Waals surface area contributed by atoms with Crippen molar-refractivity contribution >= 4 is 50.5 Å². The van der Waals surface area contributed by atoms with Gasteiger partial charge >= 0.3 is 0 Å². The summed E-state index contributed by atoms with van der Waals surface area (Å²) in [6.45, 7) is 1.73. The molecule has 0 aliphatic carbocycles. The molecule has 0 radical (unpaired) electrons. The van der Waals surface area contributed by atoms with Gasteiger partial charge in [-0.15, -0.1) is 0 Å². The highest BCUT2D eigenvalue weighted by molar-refractivity contribution is 7.92. The number of nitrogens with one attached hydrogen (secondary N) is 1. The molecular weight excluding hydrogens is 411 g/mol. The summed E-state index contributed by atoms with van der Waals surface area (Å²) in [4.78, 5) is 12.8. The van der Waals surface area contributed by atoms with Gasteiger partial charge in [0, 0.05) is 5.02 Å². The van der Waals surface area contributed by atoms with Crippen molar-refractivity contribution in [1.29, 1.82) is 0 Å². The summed E-state index contributed by atoms with van der Waals surface area (Å²) in [6.07, 6.45) is 1.31. The number of carbonyl (C=O) groups excluding carboxylic acids is 1. The van der Waals surface area contributed by atoms with Gasteiger partial charge in [-0.3, -0.25) is 9.10 Å². The molecule has 1 amide bonds. The molecule has 0 aliphatic heterocycles. The van der Waals surface area contributed by atoms with Crippen LogP contribution in [0.15, 0.2) is 42.5 Å². The quantitative estimate of drug-likeness (QED) is 0.714. The fraction of sp³-hybridized carbons (Fsp3) is 0.278. The van der Waals surface area contributed by atoms with E-state index in [2.05, 4.69) is 5.32 Å². The Morgan fingerprint density at radius 2 is 1.81 bits per heavy atom. The first kappa shape index (κ1) is 21.3. The number of halogens is 2. The van der Waals surface area contributed by atoms with Crippen LogP contribution in [0.3, 0.4) is 0 Å². The number of hydrogen-bond donors (Lipinski definition) is 1. The lowest BCUT2D eigenvalue weighted by atomic mass is 10.1. The van der Waals surface area contributed by atoms with E-state index in [-0.39, 0.29) is 6.42 Å². The molecule has 27 heavy (non-hydrogen) atoms. The Bertz CT molecular complexity index is 917. The third kappa shape index (κ3) is 5.28. The summed E-state index contributed by atoms with van der Waals surface area (Å²) in [7, 11) is -2.22. The highest BCUT2D eigenvalue weighted by atomic mass is 35.5. The largest absolute Gasteiger partial charge is 0.497 e. The number of carbonyl (C=O) groups is 1. The molecule has 146 valence electrons. The molecule has 1 atom stereocenters. The van der Waals surface area contributed by atoms with Crippen molar-refractivity contribution in [3.8, 4) is 5.75 Å². The molecule has 9 heteroatoms. The average Bonchev–Trinajstić information content (AvgIpc) is 2.61. The standard InChI is InChI=1S/C18H20Cl2N2O4S/c1-4-17(18(23)21-16-11-12(19)5-10-15(16)20)22(27(3,24)25)13-6-8-14(26-2)9-7-13/h5-11,17H,4H2,1-3H3,(H,21,23)/t17-/m0/s1. The minimum absolute atomic E-state index is 0.253. The predicted molar refractivity (Wildman–Crippen MR) is 109 cm³/mol. The SMILES string of the molecule is CC[C@@H](C(=O)Nc1cc(Cl)ccc1Cl)N(c1ccc(OC)cc1)S(C)(=O)=O. The van der Waals surface area contributed by atoms with E-state index in [0.29, 0.717) is 27.2 Å². The molecule has 0 aromatic heterocycles. The van der Waals surface area contributed by atoms with Crippen LogP contribution >= 0.6 is 23.2 Å². The summed E-state index contributed by atoms with van der Waals surface area (Å²) in [5.74, 6) is 0.0679.